The molecule has 0 bridgehead atoms. The van der Waals surface area contributed by atoms with Gasteiger partial charge in [0.05, 0.1) is 18.6 Å². The summed E-state index contributed by atoms with van der Waals surface area (Å²) < 4.78 is 116. The van der Waals surface area contributed by atoms with Crippen LogP contribution >= 0.6 is 0 Å². The van der Waals surface area contributed by atoms with Gasteiger partial charge in [0.15, 0.2) is 0 Å². The first-order valence-electron chi connectivity index (χ1n) is 16.2. The second-order valence-corrected chi connectivity index (χ2v) is 7.65. The molecular formula is C25H27FN4O4. The number of amides is 3. The van der Waals surface area contributed by atoms with Gasteiger partial charge in [0, 0.05) is 72.3 Å². The maximum atomic E-state index is 14.9. The van der Waals surface area contributed by atoms with Crippen molar-refractivity contribution in [2.75, 3.05) is 31.4 Å². The minimum absolute atomic E-state index is 0.0219. The monoisotopic (exact) mass is 478 g/mol. The molecule has 1 atom stereocenters. The van der Waals surface area contributed by atoms with Crippen molar-refractivity contribution in [3.05, 3.63) is 64.5 Å². The number of hydrogen-bond acceptors (Lipinski definition) is 6. The summed E-state index contributed by atoms with van der Waals surface area (Å²) in [6.07, 6.45) is -6.21. The molecule has 0 spiro atoms. The van der Waals surface area contributed by atoms with Crippen molar-refractivity contribution >= 4 is 23.4 Å². The molecule has 3 heterocycles. The molecule has 9 heteroatoms. The number of anilines is 1. The Bertz CT molecular complexity index is 1610. The van der Waals surface area contributed by atoms with Crippen LogP contribution in [0.1, 0.15) is 56.2 Å². The first-order valence-corrected chi connectivity index (χ1v) is 10.2. The van der Waals surface area contributed by atoms with Gasteiger partial charge in [-0.1, -0.05) is 12.1 Å². The Labute approximate surface area is 213 Å². The topological polar surface area (TPSA) is 91.0 Å². The molecule has 3 amide bonds. The maximum absolute atomic E-state index is 14.9. The minimum Gasteiger partial charge on any atom is -0.381 e. The van der Waals surface area contributed by atoms with Crippen LogP contribution in [0.2, 0.25) is 0 Å². The lowest BCUT2D eigenvalue weighted by Crippen LogP contribution is -2.52. The summed E-state index contributed by atoms with van der Waals surface area (Å²) in [5, 5.41) is 4.73. The summed E-state index contributed by atoms with van der Waals surface area (Å²) in [5.41, 5.74) is 0.695. The summed E-state index contributed by atoms with van der Waals surface area (Å²) >= 11 is 0. The number of morpholine rings is 1. The third kappa shape index (κ3) is 4.53. The quantitative estimate of drug-likeness (QED) is 0.618. The van der Waals surface area contributed by atoms with E-state index in [9.17, 15) is 18.8 Å². The fraction of sp³-hybridized carbons (Fsp3) is 0.400. The molecule has 3 aliphatic heterocycles. The average Bonchev–Trinajstić information content (AvgIpc) is 3.25. The Morgan fingerprint density at radius 3 is 2.82 bits per heavy atom. The van der Waals surface area contributed by atoms with Crippen LogP contribution in [-0.2, 0) is 34.0 Å². The van der Waals surface area contributed by atoms with E-state index in [1.54, 1.807) is 5.32 Å². The summed E-state index contributed by atoms with van der Waals surface area (Å²) in [6.45, 7) is -14.1. The van der Waals surface area contributed by atoms with Crippen LogP contribution in [0, 0.1) is 5.82 Å². The molecule has 34 heavy (non-hydrogen) atoms. The zero-order chi connectivity index (χ0) is 34.4. The van der Waals surface area contributed by atoms with Crippen LogP contribution in [0.15, 0.2) is 36.4 Å². The highest BCUT2D eigenvalue weighted by Gasteiger charge is 2.39. The highest BCUT2D eigenvalue weighted by Crippen LogP contribution is 2.32. The SMILES string of the molecule is [2H]C1([2H])OC([2H])([2H])C([2H])([2H])N(Cc2ccc(F)c(CNc3cccc4c3CN(C3C(=O)NC(=O)C([2H])([2H])C3([2H])[2H])C4=O)c2)C1([2H])[2H]. The zero-order valence-electron chi connectivity index (χ0n) is 29.6. The van der Waals surface area contributed by atoms with E-state index in [2.05, 4.69) is 10.1 Å². The van der Waals surface area contributed by atoms with Gasteiger partial charge in [-0.3, -0.25) is 24.6 Å². The van der Waals surface area contributed by atoms with Crippen molar-refractivity contribution in [3.63, 3.8) is 0 Å². The molecule has 2 aromatic carbocycles. The lowest BCUT2D eigenvalue weighted by Gasteiger charge is -2.29. The van der Waals surface area contributed by atoms with Gasteiger partial charge in [-0.05, 0) is 36.2 Å². The third-order valence-electron chi connectivity index (χ3n) is 5.50. The second kappa shape index (κ2) is 9.52. The van der Waals surface area contributed by atoms with E-state index in [1.807, 2.05) is 0 Å². The number of imide groups is 1. The van der Waals surface area contributed by atoms with Crippen LogP contribution in [0.25, 0.3) is 0 Å². The molecule has 2 saturated heterocycles. The van der Waals surface area contributed by atoms with Gasteiger partial charge in [0.1, 0.15) is 11.9 Å². The number of nitrogens with zero attached hydrogens (tertiary/aromatic N) is 2. The standard InChI is InChI=1S/C25H27FN4O4/c26-20-5-4-16(14-29-8-10-34-11-9-29)12-17(20)13-27-21-3-1-2-18-19(21)15-30(25(18)33)22-6-7-23(31)28-24(22)32/h1-5,12,22,27H,6-11,13-15H2,(H,28,31,32)/i6D2,7D2,8D2,9D2,10D2,11D2. The number of halogens is 1. The second-order valence-electron chi connectivity index (χ2n) is 7.65. The molecule has 2 N–H and O–H groups in total. The van der Waals surface area contributed by atoms with E-state index >= 15 is 0 Å². The van der Waals surface area contributed by atoms with E-state index < -0.39 is 75.0 Å². The van der Waals surface area contributed by atoms with Crippen molar-refractivity contribution in [2.45, 2.75) is 38.4 Å². The zero-order valence-corrected chi connectivity index (χ0v) is 17.6. The first kappa shape index (κ1) is 12.4. The molecule has 0 radical (unpaired) electrons. The first-order chi connectivity index (χ1) is 21.0. The Morgan fingerprint density at radius 1 is 1.18 bits per heavy atom. The van der Waals surface area contributed by atoms with Gasteiger partial charge in [-0.2, -0.15) is 0 Å². The normalized spacial score (nSPS) is 35.0. The smallest absolute Gasteiger partial charge is 0.255 e. The van der Waals surface area contributed by atoms with Gasteiger partial charge in [-0.25, -0.2) is 4.39 Å². The summed E-state index contributed by atoms with van der Waals surface area (Å²) in [4.78, 5) is 39.1. The van der Waals surface area contributed by atoms with Crippen LogP contribution < -0.4 is 10.6 Å². The molecule has 8 nitrogen and oxygen atoms in total. The highest BCUT2D eigenvalue weighted by atomic mass is 19.1. The number of carbonyl (C=O) groups is 3. The molecule has 0 aromatic heterocycles. The molecule has 3 aliphatic rings. The minimum atomic E-state index is -3.25. The van der Waals surface area contributed by atoms with Crippen LogP contribution in [0.5, 0.6) is 0 Å². The van der Waals surface area contributed by atoms with Gasteiger partial charge >= 0.3 is 0 Å². The van der Waals surface area contributed by atoms with E-state index in [1.165, 1.54) is 30.3 Å². The fourth-order valence-electron chi connectivity index (χ4n) is 3.88. The molecule has 0 aliphatic carbocycles. The Morgan fingerprint density at radius 2 is 2.00 bits per heavy atom. The number of carbonyl (C=O) groups excluding carboxylic acids is 3. The lowest BCUT2D eigenvalue weighted by atomic mass is 10.0. The summed E-state index contributed by atoms with van der Waals surface area (Å²) in [5.74, 6) is -4.18. The molecule has 178 valence electrons. The molecule has 2 fully saturated rings. The van der Waals surface area contributed by atoms with Crippen molar-refractivity contribution in [1.29, 1.82) is 0 Å². The average molecular weight is 479 g/mol. The van der Waals surface area contributed by atoms with Gasteiger partial charge < -0.3 is 15.0 Å². The lowest BCUT2D eigenvalue weighted by molar-refractivity contribution is -0.136. The maximum Gasteiger partial charge on any atom is 0.255 e. The van der Waals surface area contributed by atoms with E-state index in [4.69, 9.17) is 16.4 Å². The highest BCUT2D eigenvalue weighted by molar-refractivity contribution is 6.06. The molecule has 5 rings (SSSR count). The number of fused-ring (bicyclic) bond motifs is 1. The Kier molecular flexibility index (Phi) is 3.48. The largest absolute Gasteiger partial charge is 0.381 e. The number of nitrogens with one attached hydrogen (secondary N) is 2. The van der Waals surface area contributed by atoms with Crippen LogP contribution in [0.3, 0.4) is 0 Å². The molecule has 1 unspecified atom stereocenters. The van der Waals surface area contributed by atoms with Crippen molar-refractivity contribution in [1.82, 2.24) is 15.1 Å². The van der Waals surface area contributed by atoms with Gasteiger partial charge in [0.25, 0.3) is 5.91 Å². The van der Waals surface area contributed by atoms with Gasteiger partial charge in [0.2, 0.25) is 11.8 Å². The molecular weight excluding hydrogens is 439 g/mol. The van der Waals surface area contributed by atoms with Crippen LogP contribution in [-0.4, -0.2) is 59.7 Å². The van der Waals surface area contributed by atoms with Crippen molar-refractivity contribution in [3.8, 4) is 0 Å². The number of benzene rings is 2. The molecule has 2 aromatic rings. The Balaban J connectivity index is 1.39. The van der Waals surface area contributed by atoms with E-state index in [0.717, 1.165) is 11.0 Å². The molecule has 0 saturated carbocycles. The van der Waals surface area contributed by atoms with E-state index in [0.29, 0.717) is 4.90 Å². The number of rotatable bonds is 6. The Hall–Kier alpha value is -3.30. The number of piperidine rings is 1. The predicted molar refractivity (Wildman–Crippen MR) is 122 cm³/mol. The summed E-state index contributed by atoms with van der Waals surface area (Å²) in [7, 11) is 0. The number of ether oxygens (including phenoxy) is 1. The van der Waals surface area contributed by atoms with Crippen LogP contribution in [0.4, 0.5) is 10.1 Å². The fourth-order valence-corrected chi connectivity index (χ4v) is 3.88. The van der Waals surface area contributed by atoms with Gasteiger partial charge in [-0.15, -0.1) is 0 Å². The van der Waals surface area contributed by atoms with E-state index in [-0.39, 0.29) is 41.0 Å². The third-order valence-corrected chi connectivity index (χ3v) is 5.50. The summed E-state index contributed by atoms with van der Waals surface area (Å²) in [6, 6.07) is 5.88. The van der Waals surface area contributed by atoms with Crippen molar-refractivity contribution in [2.24, 2.45) is 0 Å². The van der Waals surface area contributed by atoms with Crippen molar-refractivity contribution < 1.29 is 40.0 Å². The number of hydrogen-bond donors (Lipinski definition) is 2. The predicted octanol–water partition coefficient (Wildman–Crippen LogP) is 2.03.